The fourth-order valence-corrected chi connectivity index (χ4v) is 5.91. The van der Waals surface area contributed by atoms with E-state index in [-0.39, 0.29) is 17.4 Å². The number of nitrogens with one attached hydrogen (secondary N) is 1. The predicted molar refractivity (Wildman–Crippen MR) is 145 cm³/mol. The van der Waals surface area contributed by atoms with Crippen LogP contribution in [0.25, 0.3) is 22.4 Å². The molecule has 1 fully saturated rings. The minimum Gasteiger partial charge on any atom is -0.481 e. The van der Waals surface area contributed by atoms with Gasteiger partial charge in [-0.2, -0.15) is 0 Å². The lowest BCUT2D eigenvalue weighted by molar-refractivity contribution is -0.123. The fraction of sp³-hybridized carbons (Fsp3) is 0.231. The summed E-state index contributed by atoms with van der Waals surface area (Å²) >= 11 is 1.30. The monoisotopic (exact) mass is 551 g/mol. The van der Waals surface area contributed by atoms with Crippen LogP contribution >= 0.6 is 11.3 Å². The Morgan fingerprint density at radius 1 is 1.13 bits per heavy atom. The number of carbonyl (C=O) groups excluding carboxylic acids is 2. The van der Waals surface area contributed by atoms with Crippen LogP contribution in [0.15, 0.2) is 60.2 Å². The number of rotatable bonds is 7. The molecule has 0 bridgehead atoms. The zero-order valence-corrected chi connectivity index (χ0v) is 22.5. The van der Waals surface area contributed by atoms with Gasteiger partial charge >= 0.3 is 0 Å². The Bertz CT molecular complexity index is 1640. The van der Waals surface area contributed by atoms with E-state index in [2.05, 4.69) is 15.3 Å². The highest BCUT2D eigenvalue weighted by Crippen LogP contribution is 2.30. The maximum Gasteiger partial charge on any atom is 0.256 e. The van der Waals surface area contributed by atoms with Crippen LogP contribution in [-0.2, 0) is 14.8 Å². The summed E-state index contributed by atoms with van der Waals surface area (Å²) in [5, 5.41) is 5.11. The number of amides is 2. The van der Waals surface area contributed by atoms with Crippen LogP contribution in [0.4, 0.5) is 5.13 Å². The molecule has 1 saturated heterocycles. The van der Waals surface area contributed by atoms with Gasteiger partial charge in [0.05, 0.1) is 24.6 Å². The number of hydrogen-bond donors (Lipinski definition) is 1. The molecule has 4 heterocycles. The third kappa shape index (κ3) is 5.04. The second-order valence-corrected chi connectivity index (χ2v) is 11.6. The van der Waals surface area contributed by atoms with Crippen LogP contribution in [0, 0.1) is 6.92 Å². The SMILES string of the molecule is COc1cc(-c2cccc(-c3csc(NC(=O)[C@@H]4CCN4C(=O)c4cc(C)n(S(C)(=O)=O)c4)n3)c2)ccn1. The van der Waals surface area contributed by atoms with Crippen LogP contribution in [0.1, 0.15) is 22.5 Å². The number of nitrogens with zero attached hydrogens (tertiary/aromatic N) is 4. The van der Waals surface area contributed by atoms with Crippen LogP contribution in [-0.4, -0.2) is 65.0 Å². The number of pyridine rings is 1. The van der Waals surface area contributed by atoms with Crippen molar-refractivity contribution in [2.45, 2.75) is 19.4 Å². The third-order valence-corrected chi connectivity index (χ3v) is 8.19. The number of hydrogen-bond acceptors (Lipinski definition) is 8. The number of thiazole rings is 1. The largest absolute Gasteiger partial charge is 0.481 e. The molecule has 0 spiro atoms. The highest BCUT2D eigenvalue weighted by molar-refractivity contribution is 7.89. The molecule has 3 aromatic heterocycles. The number of aryl methyl sites for hydroxylation is 1. The Morgan fingerprint density at radius 3 is 2.58 bits per heavy atom. The van der Waals surface area contributed by atoms with Crippen molar-refractivity contribution in [2.24, 2.45) is 0 Å². The van der Waals surface area contributed by atoms with Gasteiger partial charge in [-0.15, -0.1) is 11.3 Å². The molecule has 2 amide bonds. The van der Waals surface area contributed by atoms with E-state index in [9.17, 15) is 18.0 Å². The molecule has 0 saturated carbocycles. The minimum atomic E-state index is -3.52. The summed E-state index contributed by atoms with van der Waals surface area (Å²) in [6.45, 7) is 2.03. The normalized spacial score (nSPS) is 15.1. The first-order valence-corrected chi connectivity index (χ1v) is 14.4. The van der Waals surface area contributed by atoms with E-state index in [0.717, 1.165) is 26.9 Å². The Balaban J connectivity index is 1.28. The first-order valence-electron chi connectivity index (χ1n) is 11.7. The first-order chi connectivity index (χ1) is 18.1. The Hall–Kier alpha value is -4.03. The average molecular weight is 552 g/mol. The summed E-state index contributed by atoms with van der Waals surface area (Å²) in [5.41, 5.74) is 4.20. The molecule has 0 aliphatic carbocycles. The smallest absolute Gasteiger partial charge is 0.256 e. The summed E-state index contributed by atoms with van der Waals surface area (Å²) in [6.07, 6.45) is 4.57. The molecule has 0 radical (unpaired) electrons. The molecule has 1 aliphatic rings. The molecule has 0 unspecified atom stereocenters. The Kier molecular flexibility index (Phi) is 6.76. The molecular weight excluding hydrogens is 526 g/mol. The van der Waals surface area contributed by atoms with E-state index < -0.39 is 16.1 Å². The number of aromatic nitrogens is 3. The van der Waals surface area contributed by atoms with Gasteiger partial charge in [-0.05, 0) is 42.7 Å². The second-order valence-electron chi connectivity index (χ2n) is 8.93. The van der Waals surface area contributed by atoms with Gasteiger partial charge in [0.1, 0.15) is 6.04 Å². The zero-order valence-electron chi connectivity index (χ0n) is 20.9. The van der Waals surface area contributed by atoms with Crippen molar-refractivity contribution in [3.05, 3.63) is 71.5 Å². The van der Waals surface area contributed by atoms with Crippen molar-refractivity contribution in [2.75, 3.05) is 25.2 Å². The van der Waals surface area contributed by atoms with Gasteiger partial charge in [0.25, 0.3) is 5.91 Å². The minimum absolute atomic E-state index is 0.230. The van der Waals surface area contributed by atoms with Gasteiger partial charge in [0, 0.05) is 41.6 Å². The number of anilines is 1. The first kappa shape index (κ1) is 25.6. The highest BCUT2D eigenvalue weighted by Gasteiger charge is 2.38. The van der Waals surface area contributed by atoms with Crippen molar-refractivity contribution in [1.29, 1.82) is 0 Å². The molecule has 10 nitrogen and oxygen atoms in total. The van der Waals surface area contributed by atoms with E-state index in [1.54, 1.807) is 20.2 Å². The van der Waals surface area contributed by atoms with Crippen molar-refractivity contribution < 1.29 is 22.7 Å². The van der Waals surface area contributed by atoms with Gasteiger partial charge in [-0.1, -0.05) is 18.2 Å². The summed E-state index contributed by atoms with van der Waals surface area (Å²) in [5.74, 6) is -0.188. The van der Waals surface area contributed by atoms with Gasteiger partial charge < -0.3 is 15.0 Å². The van der Waals surface area contributed by atoms with Crippen molar-refractivity contribution in [3.8, 4) is 28.3 Å². The predicted octanol–water partition coefficient (Wildman–Crippen LogP) is 3.65. The van der Waals surface area contributed by atoms with E-state index >= 15 is 0 Å². The maximum absolute atomic E-state index is 13.0. The number of carbonyl (C=O) groups is 2. The Morgan fingerprint density at radius 2 is 1.89 bits per heavy atom. The van der Waals surface area contributed by atoms with Crippen molar-refractivity contribution in [3.63, 3.8) is 0 Å². The molecule has 1 N–H and O–H groups in total. The summed E-state index contributed by atoms with van der Waals surface area (Å²) in [4.78, 5) is 36.1. The van der Waals surface area contributed by atoms with Gasteiger partial charge in [-0.25, -0.2) is 22.4 Å². The van der Waals surface area contributed by atoms with Crippen molar-refractivity contribution >= 4 is 38.3 Å². The van der Waals surface area contributed by atoms with E-state index in [1.165, 1.54) is 28.5 Å². The lowest BCUT2D eigenvalue weighted by Crippen LogP contribution is -2.56. The highest BCUT2D eigenvalue weighted by atomic mass is 32.2. The lowest BCUT2D eigenvalue weighted by atomic mass is 10.0. The number of likely N-dealkylation sites (tertiary alicyclic amines) is 1. The average Bonchev–Trinajstić information content (AvgIpc) is 3.50. The Labute approximate surface area is 224 Å². The van der Waals surface area contributed by atoms with Gasteiger partial charge in [0.15, 0.2) is 5.13 Å². The maximum atomic E-state index is 13.0. The summed E-state index contributed by atoms with van der Waals surface area (Å²) in [7, 11) is -1.95. The fourth-order valence-electron chi connectivity index (χ4n) is 4.31. The molecule has 4 aromatic rings. The van der Waals surface area contributed by atoms with Crippen LogP contribution < -0.4 is 10.1 Å². The lowest BCUT2D eigenvalue weighted by Gasteiger charge is -2.39. The number of ether oxygens (including phenoxy) is 1. The van der Waals surface area contributed by atoms with E-state index in [0.29, 0.717) is 35.4 Å². The molecule has 1 aromatic carbocycles. The van der Waals surface area contributed by atoms with Crippen LogP contribution in [0.2, 0.25) is 0 Å². The van der Waals surface area contributed by atoms with Crippen LogP contribution in [0.3, 0.4) is 0 Å². The van der Waals surface area contributed by atoms with E-state index in [1.807, 2.05) is 41.8 Å². The van der Waals surface area contributed by atoms with E-state index in [4.69, 9.17) is 4.74 Å². The third-order valence-electron chi connectivity index (χ3n) is 6.33. The summed E-state index contributed by atoms with van der Waals surface area (Å²) in [6, 6.07) is 12.5. The molecule has 196 valence electrons. The molecule has 12 heteroatoms. The molecule has 1 aliphatic heterocycles. The topological polar surface area (TPSA) is 123 Å². The van der Waals surface area contributed by atoms with Crippen molar-refractivity contribution in [1.82, 2.24) is 18.8 Å². The van der Waals surface area contributed by atoms with Gasteiger partial charge in [-0.3, -0.25) is 9.59 Å². The molecular formula is C26H25N5O5S2. The zero-order chi connectivity index (χ0) is 27.0. The van der Waals surface area contributed by atoms with Crippen LogP contribution in [0.5, 0.6) is 5.88 Å². The molecule has 38 heavy (non-hydrogen) atoms. The van der Waals surface area contributed by atoms with Gasteiger partial charge in [0.2, 0.25) is 21.8 Å². The standard InChI is InChI=1S/C26H25N5O5S2/c1-16-11-20(14-31(16)38(3,34)35)25(33)30-10-8-22(30)24(32)29-26-28-21(15-37-26)19-6-4-5-17(12-19)18-7-9-27-23(13-18)36-2/h4-7,9,11-15,22H,8,10H2,1-3H3,(H,28,29,32)/t22-/m0/s1. The molecule has 1 atom stereocenters. The molecule has 5 rings (SSSR count). The quantitative estimate of drug-likeness (QED) is 0.372. The number of methoxy groups -OCH3 is 1. The number of benzene rings is 1. The summed E-state index contributed by atoms with van der Waals surface area (Å²) < 4.78 is 30.1. The second kappa shape index (κ2) is 10.0.